The Morgan fingerprint density at radius 3 is 2.06 bits per heavy atom. The minimum atomic E-state index is -1.17. The molecule has 0 fully saturated rings. The van der Waals surface area contributed by atoms with Gasteiger partial charge in [-0.3, -0.25) is 4.79 Å². The highest BCUT2D eigenvalue weighted by molar-refractivity contribution is 6.67. The van der Waals surface area contributed by atoms with Gasteiger partial charge >= 0.3 is 0 Å². The maximum atomic E-state index is 13.9. The van der Waals surface area contributed by atoms with Gasteiger partial charge in [0.2, 0.25) is 0 Å². The molecule has 0 aromatic heterocycles. The van der Waals surface area contributed by atoms with Crippen LogP contribution in [0.4, 0.5) is 13.2 Å². The zero-order chi connectivity index (χ0) is 13.3. The summed E-state index contributed by atoms with van der Waals surface area (Å²) in [7, 11) is 0. The Morgan fingerprint density at radius 2 is 1.44 bits per heavy atom. The fraction of sp³-hybridized carbons (Fsp3) is 0. The largest absolute Gasteiger partial charge is 0.275 e. The van der Waals surface area contributed by atoms with Crippen molar-refractivity contribution in [3.63, 3.8) is 0 Å². The summed E-state index contributed by atoms with van der Waals surface area (Å²) in [5.74, 6) is -3.23. The molecule has 0 atom stereocenters. The second kappa shape index (κ2) is 4.82. The summed E-state index contributed by atoms with van der Waals surface area (Å²) in [5, 5.41) is -0.994. The fourth-order valence-corrected chi connectivity index (χ4v) is 1.75. The second-order valence-electron chi connectivity index (χ2n) is 3.54. The SMILES string of the molecule is O=C(Cl)c1cccc(-c2cccc(F)c2F)c1F. The molecule has 0 radical (unpaired) electrons. The molecular formula is C13H6ClF3O. The highest BCUT2D eigenvalue weighted by atomic mass is 35.5. The van der Waals surface area contributed by atoms with Crippen LogP contribution in [0.15, 0.2) is 36.4 Å². The third-order valence-electron chi connectivity index (χ3n) is 2.45. The molecule has 0 N–H and O–H groups in total. The Bertz CT molecular complexity index is 626. The summed E-state index contributed by atoms with van der Waals surface area (Å²) in [6, 6.07) is 7.16. The number of halogens is 4. The first kappa shape index (κ1) is 12.6. The summed E-state index contributed by atoms with van der Waals surface area (Å²) >= 11 is 5.19. The molecule has 2 rings (SSSR count). The average Bonchev–Trinajstić information content (AvgIpc) is 2.33. The lowest BCUT2D eigenvalue weighted by molar-refractivity contribution is 0.107. The molecule has 0 heterocycles. The summed E-state index contributed by atoms with van der Waals surface area (Å²) in [5.41, 5.74) is -0.844. The van der Waals surface area contributed by atoms with Gasteiger partial charge in [0.25, 0.3) is 5.24 Å². The third-order valence-corrected chi connectivity index (χ3v) is 2.66. The molecular weight excluding hydrogens is 265 g/mol. The number of carbonyl (C=O) groups excluding carboxylic acids is 1. The number of hydrogen-bond acceptors (Lipinski definition) is 1. The van der Waals surface area contributed by atoms with Crippen molar-refractivity contribution in [2.24, 2.45) is 0 Å². The Balaban J connectivity index is 2.69. The van der Waals surface area contributed by atoms with Crippen molar-refractivity contribution >= 4 is 16.8 Å². The van der Waals surface area contributed by atoms with Gasteiger partial charge in [0.1, 0.15) is 5.82 Å². The van der Waals surface area contributed by atoms with Crippen molar-refractivity contribution in [3.8, 4) is 11.1 Å². The minimum Gasteiger partial charge on any atom is -0.275 e. The Kier molecular flexibility index (Phi) is 3.39. The van der Waals surface area contributed by atoms with E-state index in [0.717, 1.165) is 6.07 Å². The first-order chi connectivity index (χ1) is 8.52. The van der Waals surface area contributed by atoms with E-state index in [1.54, 1.807) is 0 Å². The summed E-state index contributed by atoms with van der Waals surface area (Å²) in [4.78, 5) is 11.0. The highest BCUT2D eigenvalue weighted by Crippen LogP contribution is 2.28. The zero-order valence-electron chi connectivity index (χ0n) is 8.88. The molecule has 0 spiro atoms. The summed E-state index contributed by atoms with van der Waals surface area (Å²) < 4.78 is 40.5. The van der Waals surface area contributed by atoms with E-state index in [-0.39, 0.29) is 16.7 Å². The monoisotopic (exact) mass is 270 g/mol. The molecule has 18 heavy (non-hydrogen) atoms. The van der Waals surface area contributed by atoms with Crippen molar-refractivity contribution in [2.45, 2.75) is 0 Å². The molecule has 2 aromatic rings. The van der Waals surface area contributed by atoms with Crippen molar-refractivity contribution in [1.29, 1.82) is 0 Å². The molecule has 0 unspecified atom stereocenters. The lowest BCUT2D eigenvalue weighted by Gasteiger charge is -2.07. The van der Waals surface area contributed by atoms with Gasteiger partial charge in [-0.2, -0.15) is 0 Å². The third kappa shape index (κ3) is 2.11. The van der Waals surface area contributed by atoms with Gasteiger partial charge in [0.05, 0.1) is 5.56 Å². The van der Waals surface area contributed by atoms with Crippen LogP contribution in [0.1, 0.15) is 10.4 Å². The van der Waals surface area contributed by atoms with Crippen LogP contribution >= 0.6 is 11.6 Å². The number of hydrogen-bond donors (Lipinski definition) is 0. The Hall–Kier alpha value is -1.81. The standard InChI is InChI=1S/C13H6ClF3O/c14-13(18)9-5-1-3-7(11(9)16)8-4-2-6-10(15)12(8)17/h1-6H. The van der Waals surface area contributed by atoms with Gasteiger partial charge in [0.15, 0.2) is 11.6 Å². The van der Waals surface area contributed by atoms with Crippen molar-refractivity contribution in [1.82, 2.24) is 0 Å². The lowest BCUT2D eigenvalue weighted by Crippen LogP contribution is -1.98. The number of carbonyl (C=O) groups is 1. The Morgan fingerprint density at radius 1 is 0.889 bits per heavy atom. The van der Waals surface area contributed by atoms with E-state index >= 15 is 0 Å². The normalized spacial score (nSPS) is 10.4. The summed E-state index contributed by atoms with van der Waals surface area (Å²) in [6.07, 6.45) is 0. The molecule has 0 aliphatic heterocycles. The van der Waals surface area contributed by atoms with E-state index in [4.69, 9.17) is 11.6 Å². The first-order valence-electron chi connectivity index (χ1n) is 4.95. The zero-order valence-corrected chi connectivity index (χ0v) is 9.64. The highest BCUT2D eigenvalue weighted by Gasteiger charge is 2.17. The maximum absolute atomic E-state index is 13.9. The van der Waals surface area contributed by atoms with Crippen LogP contribution in [0.25, 0.3) is 11.1 Å². The van der Waals surface area contributed by atoms with Crippen molar-refractivity contribution < 1.29 is 18.0 Å². The quantitative estimate of drug-likeness (QED) is 0.749. The van der Waals surface area contributed by atoms with Gasteiger partial charge in [-0.1, -0.05) is 24.3 Å². The van der Waals surface area contributed by atoms with E-state index in [0.29, 0.717) is 0 Å². The maximum Gasteiger partial charge on any atom is 0.255 e. The number of rotatable bonds is 2. The smallest absolute Gasteiger partial charge is 0.255 e. The van der Waals surface area contributed by atoms with E-state index in [9.17, 15) is 18.0 Å². The van der Waals surface area contributed by atoms with E-state index < -0.39 is 22.7 Å². The van der Waals surface area contributed by atoms with Crippen LogP contribution in [0.2, 0.25) is 0 Å². The molecule has 0 aliphatic carbocycles. The van der Waals surface area contributed by atoms with Crippen LogP contribution in [0.3, 0.4) is 0 Å². The lowest BCUT2D eigenvalue weighted by atomic mass is 10.0. The molecule has 1 nitrogen and oxygen atoms in total. The van der Waals surface area contributed by atoms with Gasteiger partial charge in [-0.05, 0) is 23.7 Å². The van der Waals surface area contributed by atoms with Gasteiger partial charge < -0.3 is 0 Å². The molecule has 2 aromatic carbocycles. The fourth-order valence-electron chi connectivity index (χ4n) is 1.60. The van der Waals surface area contributed by atoms with E-state index in [2.05, 4.69) is 0 Å². The van der Waals surface area contributed by atoms with Crippen LogP contribution in [0.5, 0.6) is 0 Å². The van der Waals surface area contributed by atoms with Gasteiger partial charge in [0, 0.05) is 11.1 Å². The van der Waals surface area contributed by atoms with Crippen LogP contribution in [-0.2, 0) is 0 Å². The average molecular weight is 271 g/mol. The van der Waals surface area contributed by atoms with Crippen molar-refractivity contribution in [2.75, 3.05) is 0 Å². The van der Waals surface area contributed by atoms with E-state index in [1.807, 2.05) is 0 Å². The van der Waals surface area contributed by atoms with Gasteiger partial charge in [-0.25, -0.2) is 13.2 Å². The molecule has 0 saturated heterocycles. The van der Waals surface area contributed by atoms with Crippen molar-refractivity contribution in [3.05, 3.63) is 59.4 Å². The van der Waals surface area contributed by atoms with E-state index in [1.165, 1.54) is 30.3 Å². The predicted octanol–water partition coefficient (Wildman–Crippen LogP) is 4.15. The molecule has 0 bridgehead atoms. The molecule has 0 amide bonds. The molecule has 5 heteroatoms. The van der Waals surface area contributed by atoms with Crippen LogP contribution in [0, 0.1) is 17.5 Å². The predicted molar refractivity (Wildman–Crippen MR) is 61.9 cm³/mol. The molecule has 0 aliphatic rings. The van der Waals surface area contributed by atoms with Crippen LogP contribution in [-0.4, -0.2) is 5.24 Å². The Labute approximate surface area is 106 Å². The molecule has 92 valence electrons. The van der Waals surface area contributed by atoms with Crippen LogP contribution < -0.4 is 0 Å². The minimum absolute atomic E-state index is 0.210. The molecule has 0 saturated carbocycles. The topological polar surface area (TPSA) is 17.1 Å². The number of benzene rings is 2. The van der Waals surface area contributed by atoms with Gasteiger partial charge in [-0.15, -0.1) is 0 Å². The first-order valence-corrected chi connectivity index (χ1v) is 5.33. The second-order valence-corrected chi connectivity index (χ2v) is 3.89. The summed E-state index contributed by atoms with van der Waals surface area (Å²) in [6.45, 7) is 0.